The zero-order valence-electron chi connectivity index (χ0n) is 32.1. The van der Waals surface area contributed by atoms with Crippen LogP contribution in [0.15, 0.2) is 111 Å². The van der Waals surface area contributed by atoms with Crippen molar-refractivity contribution in [3.05, 3.63) is 133 Å². The highest BCUT2D eigenvalue weighted by molar-refractivity contribution is 8.00. The first-order valence-corrected chi connectivity index (χ1v) is 22.2. The van der Waals surface area contributed by atoms with Gasteiger partial charge in [-0.25, -0.2) is 0 Å². The molecule has 64 heavy (non-hydrogen) atoms. The second-order valence-corrected chi connectivity index (χ2v) is 16.6. The van der Waals surface area contributed by atoms with Crippen LogP contribution in [-0.2, 0) is 9.59 Å². The van der Waals surface area contributed by atoms with Gasteiger partial charge in [-0.15, -0.1) is 49.3 Å². The topological polar surface area (TPSA) is 323 Å². The minimum Gasteiger partial charge on any atom is -0.504 e. The predicted molar refractivity (Wildman–Crippen MR) is 245 cm³/mol. The summed E-state index contributed by atoms with van der Waals surface area (Å²) < 4.78 is 0. The highest BCUT2D eigenvalue weighted by atomic mass is 32.2. The molecular weight excluding hydrogens is 929 g/mol. The molecule has 0 spiro atoms. The molecule has 25 heteroatoms. The number of allylic oxidation sites excluding steroid dienone is 3. The first-order valence-electron chi connectivity index (χ1n) is 17.5. The summed E-state index contributed by atoms with van der Waals surface area (Å²) in [5, 5.41) is 73.7. The third-order valence-electron chi connectivity index (χ3n) is 7.33. The molecule has 0 saturated heterocycles. The molecule has 0 saturated carbocycles. The monoisotopic (exact) mass is 964 g/mol. The number of aliphatic hydroxyl groups is 3. The van der Waals surface area contributed by atoms with Crippen LogP contribution in [0.25, 0.3) is 17.3 Å². The number of hydrogen-bond donors (Lipinski definition) is 9. The highest BCUT2D eigenvalue weighted by Crippen LogP contribution is 2.24. The molecule has 9 N–H and O–H groups in total. The van der Waals surface area contributed by atoms with Crippen molar-refractivity contribution in [3.8, 4) is 0 Å². The van der Waals surface area contributed by atoms with E-state index in [-0.39, 0.29) is 53.1 Å². The number of ketones is 3. The van der Waals surface area contributed by atoms with Crippen molar-refractivity contribution in [2.24, 2.45) is 0 Å². The van der Waals surface area contributed by atoms with E-state index in [2.05, 4.69) is 50.9 Å². The second-order valence-electron chi connectivity index (χ2n) is 11.8. The molecule has 0 fully saturated rings. The number of nitrogens with one attached hydrogen (secondary N) is 4. The molecule has 0 amide bonds. The summed E-state index contributed by atoms with van der Waals surface area (Å²) in [5.41, 5.74) is 0.825. The maximum absolute atomic E-state index is 11.9. The highest BCUT2D eigenvalue weighted by Gasteiger charge is 2.25. The molecule has 0 aliphatic carbocycles. The van der Waals surface area contributed by atoms with Crippen molar-refractivity contribution in [1.29, 1.82) is 0 Å². The second kappa shape index (κ2) is 24.4. The third kappa shape index (κ3) is 15.0. The van der Waals surface area contributed by atoms with Crippen LogP contribution in [0, 0.1) is 0 Å². The summed E-state index contributed by atoms with van der Waals surface area (Å²) in [6.45, 7) is 0. The number of carbonyl (C=O) groups is 5. The molecule has 0 aliphatic heterocycles. The Morgan fingerprint density at radius 1 is 0.625 bits per heavy atom. The fourth-order valence-electron chi connectivity index (χ4n) is 4.46. The Morgan fingerprint density at radius 2 is 1.06 bits per heavy atom. The molecule has 0 bridgehead atoms. The minimum atomic E-state index is -1.32. The molecule has 7 aromatic rings. The van der Waals surface area contributed by atoms with E-state index in [1.165, 1.54) is 45.8 Å². The van der Waals surface area contributed by atoms with Gasteiger partial charge in [-0.05, 0) is 52.7 Å². The fourth-order valence-corrected chi connectivity index (χ4v) is 7.51. The number of nitrogens with zero attached hydrogens (tertiary/aromatic N) is 6. The lowest BCUT2D eigenvalue weighted by Gasteiger charge is -2.05. The largest absolute Gasteiger partial charge is 0.504 e. The number of hydrogen-bond acceptors (Lipinski definition) is 20. The van der Waals surface area contributed by atoms with Gasteiger partial charge >= 0.3 is 11.9 Å². The number of rotatable bonds is 17. The van der Waals surface area contributed by atoms with Crippen LogP contribution in [0.1, 0.15) is 60.3 Å². The van der Waals surface area contributed by atoms with E-state index in [9.17, 15) is 39.3 Å². The van der Waals surface area contributed by atoms with E-state index >= 15 is 0 Å². The number of aliphatic hydroxyl groups excluding tert-OH is 3. The Kier molecular flexibility index (Phi) is 18.9. The lowest BCUT2D eigenvalue weighted by atomic mass is 10.3. The number of para-hydroxylation sites is 1. The van der Waals surface area contributed by atoms with E-state index in [0.29, 0.717) is 37.5 Å². The summed E-state index contributed by atoms with van der Waals surface area (Å²) in [5.74, 6) is -3.95. The Hall–Kier alpha value is -7.19. The van der Waals surface area contributed by atoms with Crippen LogP contribution >= 0.6 is 57.5 Å². The standard InChI is InChI=1S/C15H12N4O2S.C13H11N3O6S2.C10H9N3O2S2.CH4/c20-11(13-7-4-8-22-13)9-12(21)14-17-15(19-18-14)16-10-5-2-1-3-6-10;17-6(8-2-1-3-23-8)4-7(18)11-14-13(16-15-11)24-9(12(21)22)5-10(19)20;1-16-10-11-9(12-13-10)7(15)5-6(14)8-3-2-4-17-8;/h1-9,21H,(H2,16,17,18,19);1-4,9,18H,5H2,(H,19,20)(H,21,22)(H,14,15,16);2-5,15H,1H3,(H,11,12,13);1H4. The van der Waals surface area contributed by atoms with Crippen LogP contribution in [0.3, 0.4) is 0 Å². The smallest absolute Gasteiger partial charge is 0.317 e. The van der Waals surface area contributed by atoms with Gasteiger partial charge in [-0.1, -0.05) is 67.3 Å². The zero-order valence-corrected chi connectivity index (χ0v) is 36.2. The Labute approximate surface area is 383 Å². The van der Waals surface area contributed by atoms with E-state index in [1.54, 1.807) is 52.5 Å². The summed E-state index contributed by atoms with van der Waals surface area (Å²) in [6, 6.07) is 19.6. The van der Waals surface area contributed by atoms with Crippen molar-refractivity contribution in [2.75, 3.05) is 11.6 Å². The molecule has 1 atom stereocenters. The van der Waals surface area contributed by atoms with E-state index in [1.807, 2.05) is 36.6 Å². The summed E-state index contributed by atoms with van der Waals surface area (Å²) in [7, 11) is 0. The summed E-state index contributed by atoms with van der Waals surface area (Å²) in [6.07, 6.45) is 4.44. The number of thiophene rings is 3. The van der Waals surface area contributed by atoms with Crippen molar-refractivity contribution < 1.29 is 49.5 Å². The SMILES string of the molecule is C.CSc1n[nH]c(C(O)=CC(=O)c2cccs2)n1.O=C(C=C(O)c1nc(Nc2ccccc2)n[nH]1)c1cccs1.O=C(O)CC(Sc1n[nH]c(C(O)=CC(=O)c2cccs2)n1)C(=O)O. The fraction of sp³-hybridized carbons (Fsp3) is 0.103. The molecule has 332 valence electrons. The van der Waals surface area contributed by atoms with Crippen molar-refractivity contribution in [3.63, 3.8) is 0 Å². The van der Waals surface area contributed by atoms with E-state index in [0.717, 1.165) is 23.9 Å². The van der Waals surface area contributed by atoms with Gasteiger partial charge in [-0.3, -0.25) is 39.3 Å². The van der Waals surface area contributed by atoms with Gasteiger partial charge in [0, 0.05) is 23.9 Å². The van der Waals surface area contributed by atoms with E-state index in [4.69, 9.17) is 10.2 Å². The van der Waals surface area contributed by atoms with Crippen LogP contribution in [-0.4, -0.2) is 112 Å². The Bertz CT molecular complexity index is 2710. The first kappa shape index (κ1) is 49.5. The van der Waals surface area contributed by atoms with Gasteiger partial charge in [0.15, 0.2) is 52.1 Å². The van der Waals surface area contributed by atoms with Crippen molar-refractivity contribution in [1.82, 2.24) is 45.5 Å². The number of aliphatic carboxylic acids is 2. The van der Waals surface area contributed by atoms with Gasteiger partial charge in [0.05, 0.1) is 21.1 Å². The molecule has 6 aromatic heterocycles. The molecule has 1 aromatic carbocycles. The number of aromatic amines is 3. The number of thioether (sulfide) groups is 2. The average molecular weight is 965 g/mol. The number of H-pyrrole nitrogens is 3. The molecule has 0 radical (unpaired) electrons. The molecule has 7 rings (SSSR count). The third-order valence-corrected chi connectivity index (χ3v) is 11.6. The van der Waals surface area contributed by atoms with Gasteiger partial charge in [0.2, 0.25) is 16.3 Å². The van der Waals surface area contributed by atoms with Crippen LogP contribution in [0.4, 0.5) is 11.6 Å². The maximum Gasteiger partial charge on any atom is 0.317 e. The lowest BCUT2D eigenvalue weighted by Crippen LogP contribution is -2.20. The number of carboxylic acid groups (broad SMARTS) is 2. The first-order chi connectivity index (χ1) is 30.3. The molecular formula is C39H36N10O10S5. The number of aromatic nitrogens is 9. The van der Waals surface area contributed by atoms with E-state index < -0.39 is 35.2 Å². The minimum absolute atomic E-state index is 0. The summed E-state index contributed by atoms with van der Waals surface area (Å²) >= 11 is 5.82. The number of benzene rings is 1. The van der Waals surface area contributed by atoms with Crippen LogP contribution in [0.5, 0.6) is 0 Å². The van der Waals surface area contributed by atoms with Crippen LogP contribution < -0.4 is 5.32 Å². The zero-order chi connectivity index (χ0) is 45.3. The van der Waals surface area contributed by atoms with Gasteiger partial charge in [0.1, 0.15) is 5.25 Å². The molecule has 1 unspecified atom stereocenters. The molecule has 20 nitrogen and oxygen atoms in total. The number of carbonyl (C=O) groups excluding carboxylic acids is 3. The van der Waals surface area contributed by atoms with Gasteiger partial charge < -0.3 is 30.8 Å². The van der Waals surface area contributed by atoms with Crippen LogP contribution in [0.2, 0.25) is 0 Å². The lowest BCUT2D eigenvalue weighted by molar-refractivity contribution is -0.142. The maximum atomic E-state index is 11.9. The average Bonchev–Trinajstić information content (AvgIpc) is 4.13. The Morgan fingerprint density at radius 3 is 1.47 bits per heavy atom. The number of carboxylic acids is 2. The predicted octanol–water partition coefficient (Wildman–Crippen LogP) is 8.07. The van der Waals surface area contributed by atoms with Crippen molar-refractivity contribution >= 4 is 116 Å². The normalized spacial score (nSPS) is 11.8. The molecule has 0 aliphatic rings. The van der Waals surface area contributed by atoms with Gasteiger partial charge in [0.25, 0.3) is 0 Å². The van der Waals surface area contributed by atoms with Crippen molar-refractivity contribution in [2.45, 2.75) is 29.4 Å². The number of anilines is 2. The molecule has 6 heterocycles. The Balaban J connectivity index is 0.000000212. The van der Waals surface area contributed by atoms with Gasteiger partial charge in [-0.2, -0.15) is 15.0 Å². The summed E-state index contributed by atoms with van der Waals surface area (Å²) in [4.78, 5) is 70.5. The quantitative estimate of drug-likeness (QED) is 0.0180.